The fourth-order valence-corrected chi connectivity index (χ4v) is 8.91. The highest BCUT2D eigenvalue weighted by molar-refractivity contribution is 5.71. The zero-order valence-corrected chi connectivity index (χ0v) is 50.9. The van der Waals surface area contributed by atoms with E-state index in [1.807, 2.05) is 0 Å². The van der Waals surface area contributed by atoms with Crippen molar-refractivity contribution in [2.24, 2.45) is 0 Å². The van der Waals surface area contributed by atoms with Crippen LogP contribution in [0.1, 0.15) is 297 Å². The van der Waals surface area contributed by atoms with Crippen molar-refractivity contribution in [3.05, 3.63) is 122 Å². The highest BCUT2D eigenvalue weighted by atomic mass is 16.6. The third-order valence-electron chi connectivity index (χ3n) is 13.7. The van der Waals surface area contributed by atoms with E-state index < -0.39 is 6.10 Å². The number of carbonyl (C=O) groups is 3. The van der Waals surface area contributed by atoms with Crippen LogP contribution in [0.3, 0.4) is 0 Å². The molecule has 0 aromatic rings. The van der Waals surface area contributed by atoms with E-state index in [4.69, 9.17) is 14.2 Å². The summed E-state index contributed by atoms with van der Waals surface area (Å²) in [5.74, 6) is -0.903. The molecule has 1 atom stereocenters. The Labute approximate surface area is 482 Å². The van der Waals surface area contributed by atoms with Gasteiger partial charge in [0.1, 0.15) is 13.2 Å². The normalized spacial score (nSPS) is 12.9. The smallest absolute Gasteiger partial charge is 0.306 e. The summed E-state index contributed by atoms with van der Waals surface area (Å²) in [6.45, 7) is 6.41. The van der Waals surface area contributed by atoms with Gasteiger partial charge in [-0.3, -0.25) is 14.4 Å². The molecular weight excluding hydrogens is 961 g/mol. The molecule has 0 rings (SSSR count). The summed E-state index contributed by atoms with van der Waals surface area (Å²) in [6.07, 6.45) is 90.6. The summed E-state index contributed by atoms with van der Waals surface area (Å²) in [7, 11) is 0. The Bertz CT molecular complexity index is 1620. The number of allylic oxidation sites excluding steroid dienone is 20. The molecule has 0 heterocycles. The lowest BCUT2D eigenvalue weighted by Gasteiger charge is -2.18. The average Bonchev–Trinajstić information content (AvgIpc) is 3.44. The van der Waals surface area contributed by atoms with Crippen molar-refractivity contribution in [3.63, 3.8) is 0 Å². The minimum atomic E-state index is -0.791. The molecule has 0 aliphatic rings. The lowest BCUT2D eigenvalue weighted by Crippen LogP contribution is -2.30. The van der Waals surface area contributed by atoms with E-state index in [0.717, 1.165) is 148 Å². The van der Waals surface area contributed by atoms with E-state index in [1.165, 1.54) is 109 Å². The predicted octanol–water partition coefficient (Wildman–Crippen LogP) is 22.4. The van der Waals surface area contributed by atoms with E-state index in [-0.39, 0.29) is 31.1 Å². The van der Waals surface area contributed by atoms with Gasteiger partial charge in [0.2, 0.25) is 0 Å². The largest absolute Gasteiger partial charge is 0.462 e. The molecule has 0 spiro atoms. The van der Waals surface area contributed by atoms with Gasteiger partial charge < -0.3 is 14.2 Å². The van der Waals surface area contributed by atoms with Crippen LogP contribution in [0.15, 0.2) is 122 Å². The maximum Gasteiger partial charge on any atom is 0.306 e. The van der Waals surface area contributed by atoms with Gasteiger partial charge in [0.05, 0.1) is 0 Å². The third-order valence-corrected chi connectivity index (χ3v) is 13.7. The molecule has 0 aromatic heterocycles. The van der Waals surface area contributed by atoms with Crippen LogP contribution >= 0.6 is 0 Å². The van der Waals surface area contributed by atoms with Crippen molar-refractivity contribution in [1.29, 1.82) is 0 Å². The number of hydrogen-bond acceptors (Lipinski definition) is 6. The first kappa shape index (κ1) is 73.8. The molecule has 78 heavy (non-hydrogen) atoms. The van der Waals surface area contributed by atoms with Crippen LogP contribution in [0.25, 0.3) is 0 Å². The fourth-order valence-electron chi connectivity index (χ4n) is 8.91. The number of ether oxygens (including phenoxy) is 3. The van der Waals surface area contributed by atoms with E-state index in [2.05, 4.69) is 142 Å². The van der Waals surface area contributed by atoms with Crippen LogP contribution < -0.4 is 0 Å². The van der Waals surface area contributed by atoms with Crippen molar-refractivity contribution in [2.75, 3.05) is 13.2 Å². The van der Waals surface area contributed by atoms with Gasteiger partial charge in [0.25, 0.3) is 0 Å². The summed E-state index contributed by atoms with van der Waals surface area (Å²) in [4.78, 5) is 38.3. The topological polar surface area (TPSA) is 78.9 Å². The Balaban J connectivity index is 4.29. The summed E-state index contributed by atoms with van der Waals surface area (Å²) >= 11 is 0. The van der Waals surface area contributed by atoms with Gasteiger partial charge >= 0.3 is 17.9 Å². The Morgan fingerprint density at radius 1 is 0.269 bits per heavy atom. The van der Waals surface area contributed by atoms with Crippen molar-refractivity contribution in [3.8, 4) is 0 Å². The highest BCUT2D eigenvalue weighted by Gasteiger charge is 2.19. The van der Waals surface area contributed by atoms with Gasteiger partial charge in [-0.1, -0.05) is 290 Å². The van der Waals surface area contributed by atoms with Crippen molar-refractivity contribution in [2.45, 2.75) is 303 Å². The van der Waals surface area contributed by atoms with Crippen molar-refractivity contribution in [1.82, 2.24) is 0 Å². The third kappa shape index (κ3) is 62.7. The van der Waals surface area contributed by atoms with E-state index >= 15 is 0 Å². The van der Waals surface area contributed by atoms with Gasteiger partial charge in [-0.15, -0.1) is 0 Å². The van der Waals surface area contributed by atoms with Gasteiger partial charge in [-0.2, -0.15) is 0 Å². The molecule has 0 aromatic carbocycles. The molecule has 1 unspecified atom stereocenters. The molecule has 0 saturated carbocycles. The molecule has 0 aliphatic heterocycles. The Kier molecular flexibility index (Phi) is 61.8. The monoisotopic (exact) mass is 1080 g/mol. The summed E-state index contributed by atoms with van der Waals surface area (Å²) in [6, 6.07) is 0. The van der Waals surface area contributed by atoms with Crippen LogP contribution in [-0.4, -0.2) is 37.2 Å². The van der Waals surface area contributed by atoms with Crippen LogP contribution in [0, 0.1) is 0 Å². The van der Waals surface area contributed by atoms with Gasteiger partial charge in [0.15, 0.2) is 6.10 Å². The van der Waals surface area contributed by atoms with Crippen LogP contribution in [0.4, 0.5) is 0 Å². The number of rotatable bonds is 58. The number of hydrogen-bond donors (Lipinski definition) is 0. The second-order valence-electron chi connectivity index (χ2n) is 21.3. The minimum absolute atomic E-state index is 0.0859. The fraction of sp³-hybridized carbons (Fsp3) is 0.681. The van der Waals surface area contributed by atoms with Crippen molar-refractivity contribution >= 4 is 17.9 Å². The second-order valence-corrected chi connectivity index (χ2v) is 21.3. The molecule has 0 aliphatic carbocycles. The molecule has 0 amide bonds. The van der Waals surface area contributed by atoms with E-state index in [1.54, 1.807) is 0 Å². The maximum absolute atomic E-state index is 12.9. The van der Waals surface area contributed by atoms with E-state index in [0.29, 0.717) is 19.3 Å². The average molecular weight is 1080 g/mol. The molecule has 0 radical (unpaired) electrons. The Hall–Kier alpha value is -4.19. The number of esters is 3. The molecule has 6 nitrogen and oxygen atoms in total. The van der Waals surface area contributed by atoms with Gasteiger partial charge in [0, 0.05) is 19.3 Å². The van der Waals surface area contributed by atoms with Gasteiger partial charge in [-0.25, -0.2) is 0 Å². The SMILES string of the molecule is CC/C=C\C/C=C\C/C=C\C/C=C\C/C=C\C/C=C\C/C=C\CCCCCCCCCCCC(=O)OCC(COC(=O)CCCCCCCCCCCCCCCC)OC(=O)CCCCCCC/C=C\C/C=C\C/C=C\CC. The Morgan fingerprint density at radius 2 is 0.500 bits per heavy atom. The lowest BCUT2D eigenvalue weighted by atomic mass is 10.0. The zero-order chi connectivity index (χ0) is 56.4. The minimum Gasteiger partial charge on any atom is -0.462 e. The molecule has 0 N–H and O–H groups in total. The van der Waals surface area contributed by atoms with Crippen LogP contribution in [0.2, 0.25) is 0 Å². The maximum atomic E-state index is 12.9. The molecule has 444 valence electrons. The lowest BCUT2D eigenvalue weighted by molar-refractivity contribution is -0.167. The second kappa shape index (κ2) is 65.3. The van der Waals surface area contributed by atoms with Crippen LogP contribution in [0.5, 0.6) is 0 Å². The van der Waals surface area contributed by atoms with E-state index in [9.17, 15) is 14.4 Å². The molecular formula is C72H120O6. The number of carbonyl (C=O) groups excluding carboxylic acids is 3. The van der Waals surface area contributed by atoms with Gasteiger partial charge in [-0.05, 0) is 109 Å². The van der Waals surface area contributed by atoms with Crippen LogP contribution in [-0.2, 0) is 28.6 Å². The molecule has 6 heteroatoms. The summed E-state index contributed by atoms with van der Waals surface area (Å²) in [5.41, 5.74) is 0. The zero-order valence-electron chi connectivity index (χ0n) is 50.9. The van der Waals surface area contributed by atoms with Crippen molar-refractivity contribution < 1.29 is 28.6 Å². The first-order valence-corrected chi connectivity index (χ1v) is 32.5. The highest BCUT2D eigenvalue weighted by Crippen LogP contribution is 2.16. The Morgan fingerprint density at radius 3 is 0.782 bits per heavy atom. The first-order valence-electron chi connectivity index (χ1n) is 32.5. The molecule has 0 fully saturated rings. The summed E-state index contributed by atoms with van der Waals surface area (Å²) < 4.78 is 16.9. The summed E-state index contributed by atoms with van der Waals surface area (Å²) in [5, 5.41) is 0. The first-order chi connectivity index (χ1) is 38.5. The quantitative estimate of drug-likeness (QED) is 0.0261. The standard InChI is InChI=1S/C72H120O6/c1-4-7-10-13-16-19-22-25-28-29-30-31-32-33-34-35-36-37-38-39-40-41-42-43-45-47-50-53-56-59-62-65-71(74)77-68-69(67-76-70(73)64-61-58-55-52-49-46-27-24-21-18-15-12-9-6-3)78-72(75)66-63-60-57-54-51-48-44-26-23-20-17-14-11-8-5-2/h7-8,10-11,16-17,19-20,25-26,28,30-31,33-34,36-37,39-40,44,69H,4-6,9,12-15,18,21-24,27,29,32,35,38,41-43,45-68H2,1-3H3/b10-7-,11-8-,19-16-,20-17-,28-25-,31-30-,34-33-,37-36-,40-39-,44-26-. The molecule has 0 saturated heterocycles. The number of unbranched alkanes of at least 4 members (excludes halogenated alkanes) is 27. The molecule has 0 bridgehead atoms. The predicted molar refractivity (Wildman–Crippen MR) is 339 cm³/mol.